The van der Waals surface area contributed by atoms with Gasteiger partial charge >= 0.3 is 0 Å². The number of hydroxylamine groups is 2. The van der Waals surface area contributed by atoms with Crippen LogP contribution < -0.4 is 4.31 Å². The van der Waals surface area contributed by atoms with E-state index in [-0.39, 0.29) is 0 Å². The molecule has 6 heteroatoms. The zero-order valence-electron chi connectivity index (χ0n) is 16.1. The van der Waals surface area contributed by atoms with Crippen molar-refractivity contribution in [1.82, 2.24) is 9.96 Å². The van der Waals surface area contributed by atoms with Gasteiger partial charge in [-0.2, -0.15) is 5.06 Å². The maximum absolute atomic E-state index is 5.89. The first-order chi connectivity index (χ1) is 12.1. The summed E-state index contributed by atoms with van der Waals surface area (Å²) in [5.74, 6) is 0.627. The van der Waals surface area contributed by atoms with Gasteiger partial charge in [-0.3, -0.25) is 9.21 Å². The van der Waals surface area contributed by atoms with Crippen LogP contribution in [-0.2, 0) is 9.02 Å². The van der Waals surface area contributed by atoms with Crippen molar-refractivity contribution in [2.45, 2.75) is 32.6 Å². The van der Waals surface area contributed by atoms with Crippen molar-refractivity contribution in [1.29, 1.82) is 0 Å². The third kappa shape index (κ3) is 6.79. The number of hydrogen-bond donors (Lipinski definition) is 0. The highest BCUT2D eigenvalue weighted by Crippen LogP contribution is 2.26. The van der Waals surface area contributed by atoms with Gasteiger partial charge in [0.2, 0.25) is 0 Å². The van der Waals surface area contributed by atoms with Gasteiger partial charge in [-0.05, 0) is 30.0 Å². The van der Waals surface area contributed by atoms with Gasteiger partial charge in [0.1, 0.15) is 12.2 Å². The second kappa shape index (κ2) is 11.0. The first-order valence-corrected chi connectivity index (χ1v) is 9.98. The van der Waals surface area contributed by atoms with E-state index in [1.165, 1.54) is 30.6 Å². The zero-order chi connectivity index (χ0) is 18.1. The Hall–Kier alpha value is -0.790. The molecule has 1 unspecified atom stereocenters. The SMILES string of the molecule is CCCC(C)c1ccc(N(C)SON2CCN(CCOC)CC2)cc1. The minimum Gasteiger partial charge on any atom is -0.383 e. The molecule has 1 fully saturated rings. The van der Waals surface area contributed by atoms with Crippen LogP contribution in [0.2, 0.25) is 0 Å². The van der Waals surface area contributed by atoms with Crippen molar-refractivity contribution in [2.24, 2.45) is 0 Å². The van der Waals surface area contributed by atoms with E-state index >= 15 is 0 Å². The van der Waals surface area contributed by atoms with Gasteiger partial charge in [0, 0.05) is 52.6 Å². The van der Waals surface area contributed by atoms with E-state index in [4.69, 9.17) is 9.02 Å². The number of rotatable bonds is 10. The molecule has 0 N–H and O–H groups in total. The number of piperazine rings is 1. The molecule has 25 heavy (non-hydrogen) atoms. The number of ether oxygens (including phenoxy) is 1. The molecule has 0 saturated carbocycles. The highest BCUT2D eigenvalue weighted by molar-refractivity contribution is 7.96. The normalized spacial score (nSPS) is 17.6. The van der Waals surface area contributed by atoms with Crippen LogP contribution in [0.3, 0.4) is 0 Å². The lowest BCUT2D eigenvalue weighted by atomic mass is 9.96. The van der Waals surface area contributed by atoms with Crippen LogP contribution in [0.1, 0.15) is 38.2 Å². The number of hydrogen-bond acceptors (Lipinski definition) is 6. The van der Waals surface area contributed by atoms with Crippen LogP contribution in [0.4, 0.5) is 5.69 Å². The summed E-state index contributed by atoms with van der Waals surface area (Å²) in [5.41, 5.74) is 2.58. The molecule has 0 spiro atoms. The Bertz CT molecular complexity index is 478. The summed E-state index contributed by atoms with van der Waals surface area (Å²) in [6.45, 7) is 10.2. The molecule has 1 heterocycles. The molecule has 2 rings (SSSR count). The first-order valence-electron chi connectivity index (χ1n) is 9.28. The third-order valence-corrected chi connectivity index (χ3v) is 5.45. The number of methoxy groups -OCH3 is 1. The molecule has 1 aliphatic rings. The molecule has 0 radical (unpaired) electrons. The summed E-state index contributed by atoms with van der Waals surface area (Å²) >= 11 is 1.40. The Morgan fingerprint density at radius 3 is 2.44 bits per heavy atom. The van der Waals surface area contributed by atoms with Crippen LogP contribution in [-0.4, -0.2) is 63.5 Å². The lowest BCUT2D eigenvalue weighted by Gasteiger charge is -2.33. The van der Waals surface area contributed by atoms with E-state index in [9.17, 15) is 0 Å². The van der Waals surface area contributed by atoms with Crippen molar-refractivity contribution in [3.05, 3.63) is 29.8 Å². The van der Waals surface area contributed by atoms with Crippen LogP contribution in [0.5, 0.6) is 0 Å². The zero-order valence-corrected chi connectivity index (χ0v) is 16.9. The predicted octanol–water partition coefficient (Wildman–Crippen LogP) is 3.79. The number of anilines is 1. The third-order valence-electron chi connectivity index (χ3n) is 4.74. The largest absolute Gasteiger partial charge is 0.383 e. The van der Waals surface area contributed by atoms with Crippen LogP contribution >= 0.6 is 12.2 Å². The fourth-order valence-electron chi connectivity index (χ4n) is 3.00. The van der Waals surface area contributed by atoms with Gasteiger partial charge in [0.25, 0.3) is 0 Å². The second-order valence-corrected chi connectivity index (χ2v) is 7.54. The van der Waals surface area contributed by atoms with E-state index in [0.29, 0.717) is 5.92 Å². The highest BCUT2D eigenvalue weighted by atomic mass is 32.2. The van der Waals surface area contributed by atoms with Gasteiger partial charge in [-0.25, -0.2) is 4.28 Å². The van der Waals surface area contributed by atoms with E-state index < -0.39 is 0 Å². The smallest absolute Gasteiger partial charge is 0.135 e. The van der Waals surface area contributed by atoms with Crippen LogP contribution in [0, 0.1) is 0 Å². The molecule has 1 saturated heterocycles. The van der Waals surface area contributed by atoms with Crippen molar-refractivity contribution in [2.75, 3.05) is 57.8 Å². The van der Waals surface area contributed by atoms with E-state index in [1.54, 1.807) is 7.11 Å². The van der Waals surface area contributed by atoms with Gasteiger partial charge < -0.3 is 4.74 Å². The number of nitrogens with zero attached hydrogens (tertiary/aromatic N) is 3. The fraction of sp³-hybridized carbons (Fsp3) is 0.684. The maximum Gasteiger partial charge on any atom is 0.135 e. The number of benzene rings is 1. The quantitative estimate of drug-likeness (QED) is 0.462. The van der Waals surface area contributed by atoms with Gasteiger partial charge in [-0.15, -0.1) is 0 Å². The van der Waals surface area contributed by atoms with E-state index in [0.717, 1.165) is 45.0 Å². The lowest BCUT2D eigenvalue weighted by Crippen LogP contribution is -2.46. The summed E-state index contributed by atoms with van der Waals surface area (Å²) in [5, 5.41) is 2.04. The van der Waals surface area contributed by atoms with E-state index in [2.05, 4.69) is 47.3 Å². The average molecular weight is 368 g/mol. The van der Waals surface area contributed by atoms with Gasteiger partial charge in [0.15, 0.2) is 0 Å². The summed E-state index contributed by atoms with van der Waals surface area (Å²) < 4.78 is 13.1. The Morgan fingerprint density at radius 1 is 1.16 bits per heavy atom. The minimum absolute atomic E-state index is 0.627. The van der Waals surface area contributed by atoms with E-state index in [1.807, 2.05) is 12.1 Å². The van der Waals surface area contributed by atoms with Crippen molar-refractivity contribution < 1.29 is 9.02 Å². The van der Waals surface area contributed by atoms with Crippen LogP contribution in [0.25, 0.3) is 0 Å². The van der Waals surface area contributed by atoms with Gasteiger partial charge in [0.05, 0.1) is 6.61 Å². The molecular weight excluding hydrogens is 334 g/mol. The average Bonchev–Trinajstić information content (AvgIpc) is 2.65. The first kappa shape index (κ1) is 20.5. The second-order valence-electron chi connectivity index (χ2n) is 6.69. The monoisotopic (exact) mass is 367 g/mol. The molecule has 1 aliphatic heterocycles. The van der Waals surface area contributed by atoms with Crippen molar-refractivity contribution >= 4 is 17.9 Å². The van der Waals surface area contributed by atoms with Crippen molar-refractivity contribution in [3.63, 3.8) is 0 Å². The Morgan fingerprint density at radius 2 is 1.84 bits per heavy atom. The maximum atomic E-state index is 5.89. The standard InChI is InChI=1S/C19H33N3O2S/c1-5-6-17(2)18-7-9-19(10-8-18)20(3)25-24-22-13-11-21(12-14-22)15-16-23-4/h7-10,17H,5-6,11-16H2,1-4H3. The molecule has 0 aromatic heterocycles. The summed E-state index contributed by atoms with van der Waals surface area (Å²) in [6.07, 6.45) is 2.47. The highest BCUT2D eigenvalue weighted by Gasteiger charge is 2.18. The van der Waals surface area contributed by atoms with Crippen LogP contribution in [0.15, 0.2) is 24.3 Å². The lowest BCUT2D eigenvalue weighted by molar-refractivity contribution is -0.0736. The van der Waals surface area contributed by atoms with Crippen molar-refractivity contribution in [3.8, 4) is 0 Å². The Labute approximate surface area is 157 Å². The molecule has 142 valence electrons. The fourth-order valence-corrected chi connectivity index (χ4v) is 3.55. The molecule has 5 nitrogen and oxygen atoms in total. The molecular formula is C19H33N3O2S. The Balaban J connectivity index is 1.72. The molecule has 0 aliphatic carbocycles. The molecule has 1 aromatic carbocycles. The molecule has 0 amide bonds. The summed E-state index contributed by atoms with van der Waals surface area (Å²) in [7, 11) is 3.80. The molecule has 1 aromatic rings. The topological polar surface area (TPSA) is 28.2 Å². The summed E-state index contributed by atoms with van der Waals surface area (Å²) in [6, 6.07) is 8.84. The molecule has 0 bridgehead atoms. The minimum atomic E-state index is 0.627. The Kier molecular flexibility index (Phi) is 9.06. The van der Waals surface area contributed by atoms with Gasteiger partial charge in [-0.1, -0.05) is 32.4 Å². The molecule has 1 atom stereocenters. The summed E-state index contributed by atoms with van der Waals surface area (Å²) in [4.78, 5) is 2.41. The predicted molar refractivity (Wildman–Crippen MR) is 107 cm³/mol.